The molecule has 0 aromatic rings. The molecule has 0 aromatic heterocycles. The van der Waals surface area contributed by atoms with Gasteiger partial charge in [0.15, 0.2) is 0 Å². The summed E-state index contributed by atoms with van der Waals surface area (Å²) in [5, 5.41) is 7.60. The molecule has 0 amide bonds. The molecule has 8 nitrogen and oxygen atoms in total. The molecule has 0 saturated heterocycles. The summed E-state index contributed by atoms with van der Waals surface area (Å²) >= 11 is 0. The molecule has 0 rings (SSSR count). The van der Waals surface area contributed by atoms with Crippen molar-refractivity contribution in [3.63, 3.8) is 0 Å². The molecule has 88 valence electrons. The van der Waals surface area contributed by atoms with Gasteiger partial charge < -0.3 is 17.4 Å². The van der Waals surface area contributed by atoms with Gasteiger partial charge in [-0.25, -0.2) is 8.98 Å². The Kier molecular flexibility index (Phi) is 19.8. The van der Waals surface area contributed by atoms with E-state index in [1.54, 1.807) is 0 Å². The van der Waals surface area contributed by atoms with Gasteiger partial charge in [-0.1, -0.05) is 6.58 Å². The molecule has 0 radical (unpaired) electrons. The number of carboxylic acids is 1. The van der Waals surface area contributed by atoms with Crippen LogP contribution >= 0.6 is 0 Å². The fourth-order valence-electron chi connectivity index (χ4n) is 0.149. The lowest BCUT2D eigenvalue weighted by Crippen LogP contribution is -2.01. The molecule has 0 aliphatic carbocycles. The van der Waals surface area contributed by atoms with Gasteiger partial charge in [-0.15, -0.1) is 0 Å². The predicted molar refractivity (Wildman–Crippen MR) is 51.1 cm³/mol. The van der Waals surface area contributed by atoms with Gasteiger partial charge in [0, 0.05) is 6.08 Å². The lowest BCUT2D eigenvalue weighted by atomic mass is 10.7. The van der Waals surface area contributed by atoms with Crippen molar-refractivity contribution in [1.29, 1.82) is 0 Å². The van der Waals surface area contributed by atoms with Gasteiger partial charge in [0.05, 0.1) is 6.61 Å². The van der Waals surface area contributed by atoms with Crippen molar-refractivity contribution < 1.29 is 27.1 Å². The number of hydrogen-bond acceptors (Lipinski definition) is 6. The third-order valence-corrected chi connectivity index (χ3v) is 0.975. The summed E-state index contributed by atoms with van der Waals surface area (Å²) in [4.78, 5) is 9.25. The summed E-state index contributed by atoms with van der Waals surface area (Å²) in [6, 6.07) is 0. The fourth-order valence-corrected chi connectivity index (χ4v) is 0.447. The van der Waals surface area contributed by atoms with E-state index in [1.807, 2.05) is 0 Å². The van der Waals surface area contributed by atoms with Crippen molar-refractivity contribution in [3.8, 4) is 0 Å². The van der Waals surface area contributed by atoms with Crippen LogP contribution in [0.3, 0.4) is 0 Å². The first-order chi connectivity index (χ1) is 5.33. The Labute approximate surface area is 82.7 Å². The van der Waals surface area contributed by atoms with Crippen LogP contribution in [0.15, 0.2) is 12.7 Å². The molecule has 0 aliphatic rings. The van der Waals surface area contributed by atoms with Gasteiger partial charge in [-0.3, -0.25) is 4.55 Å². The van der Waals surface area contributed by atoms with Crippen LogP contribution in [0.4, 0.5) is 0 Å². The van der Waals surface area contributed by atoms with Gasteiger partial charge >= 0.3 is 16.4 Å². The van der Waals surface area contributed by atoms with E-state index in [0.29, 0.717) is 0 Å². The van der Waals surface area contributed by atoms with E-state index < -0.39 is 16.4 Å². The first kappa shape index (κ1) is 23.1. The van der Waals surface area contributed by atoms with E-state index in [4.69, 9.17) is 9.66 Å². The molecule has 0 spiro atoms. The number of carbonyl (C=O) groups is 1. The summed E-state index contributed by atoms with van der Waals surface area (Å²) in [6.45, 7) is 4.40. The average Bonchev–Trinajstić information content (AvgIpc) is 1.86. The van der Waals surface area contributed by atoms with Gasteiger partial charge in [0.25, 0.3) is 0 Å². The van der Waals surface area contributed by atoms with E-state index in [-0.39, 0.29) is 18.9 Å². The monoisotopic (exact) mass is 232 g/mol. The molecule has 0 unspecified atom stereocenters. The molecular formula is C5H16N2O6S. The summed E-state index contributed by atoms with van der Waals surface area (Å²) in [5.41, 5.74) is 0. The van der Waals surface area contributed by atoms with Crippen molar-refractivity contribution in [2.45, 2.75) is 6.92 Å². The van der Waals surface area contributed by atoms with Crippen molar-refractivity contribution in [2.24, 2.45) is 0 Å². The standard InChI is InChI=1S/C3H4O2.C2H6O4S.2H3N/c1-2-3(4)5;1-2-6-7(3,4)5;;/h2H,1H2,(H,4,5);2H2,1H3,(H,3,4,5);2*1H3. The summed E-state index contributed by atoms with van der Waals surface area (Å²) in [5.74, 6) is -0.981. The van der Waals surface area contributed by atoms with Crippen molar-refractivity contribution in [1.82, 2.24) is 12.3 Å². The molecule has 0 atom stereocenters. The van der Waals surface area contributed by atoms with E-state index in [2.05, 4.69) is 10.8 Å². The molecule has 0 fully saturated rings. The zero-order valence-corrected chi connectivity index (χ0v) is 8.66. The second-order valence-corrected chi connectivity index (χ2v) is 2.47. The first-order valence-corrected chi connectivity index (χ1v) is 4.17. The van der Waals surface area contributed by atoms with Crippen molar-refractivity contribution in [3.05, 3.63) is 12.7 Å². The fraction of sp³-hybridized carbons (Fsp3) is 0.400. The third-order valence-electron chi connectivity index (χ3n) is 0.441. The van der Waals surface area contributed by atoms with E-state index in [1.165, 1.54) is 6.92 Å². The normalized spacial score (nSPS) is 8.14. The number of rotatable bonds is 3. The quantitative estimate of drug-likeness (QED) is 0.400. The Balaban J connectivity index is -0.0000000651. The highest BCUT2D eigenvalue weighted by molar-refractivity contribution is 7.80. The Bertz CT molecular complexity index is 237. The van der Waals surface area contributed by atoms with Crippen LogP contribution in [-0.4, -0.2) is 30.7 Å². The SMILES string of the molecule is C=CC(=O)O.CCOS(=O)(=O)O.N.N. The minimum Gasteiger partial charge on any atom is -0.478 e. The molecule has 0 aromatic carbocycles. The molecule has 0 heterocycles. The Morgan fingerprint density at radius 2 is 1.79 bits per heavy atom. The molecular weight excluding hydrogens is 216 g/mol. The minimum absolute atomic E-state index is 0. The second kappa shape index (κ2) is 12.0. The van der Waals surface area contributed by atoms with E-state index >= 15 is 0 Å². The molecule has 14 heavy (non-hydrogen) atoms. The van der Waals surface area contributed by atoms with Gasteiger partial charge in [-0.2, -0.15) is 8.42 Å². The maximum absolute atomic E-state index is 9.56. The van der Waals surface area contributed by atoms with Crippen LogP contribution < -0.4 is 12.3 Å². The molecule has 0 aliphatic heterocycles. The van der Waals surface area contributed by atoms with E-state index in [9.17, 15) is 13.2 Å². The molecule has 0 bridgehead atoms. The predicted octanol–water partition coefficient (Wildman–Crippen LogP) is 0.407. The van der Waals surface area contributed by atoms with Gasteiger partial charge in [-0.05, 0) is 6.92 Å². The maximum atomic E-state index is 9.56. The molecule has 9 heteroatoms. The summed E-state index contributed by atoms with van der Waals surface area (Å²) in [6.07, 6.45) is 0.833. The minimum atomic E-state index is -4.17. The lowest BCUT2D eigenvalue weighted by molar-refractivity contribution is -0.131. The summed E-state index contributed by atoms with van der Waals surface area (Å²) < 4.78 is 30.7. The number of aliphatic carboxylic acids is 1. The van der Waals surface area contributed by atoms with Crippen LogP contribution in [0.1, 0.15) is 6.92 Å². The number of hydrogen-bond donors (Lipinski definition) is 4. The molecule has 8 N–H and O–H groups in total. The summed E-state index contributed by atoms with van der Waals surface area (Å²) in [7, 11) is -4.17. The zero-order chi connectivity index (χ0) is 10.2. The van der Waals surface area contributed by atoms with Crippen LogP contribution in [0.2, 0.25) is 0 Å². The smallest absolute Gasteiger partial charge is 0.397 e. The Hall–Kier alpha value is -1.00. The molecule has 0 saturated carbocycles. The second-order valence-electron chi connectivity index (χ2n) is 1.38. The topological polar surface area (TPSA) is 171 Å². The largest absolute Gasteiger partial charge is 0.478 e. The lowest BCUT2D eigenvalue weighted by Gasteiger charge is -1.88. The number of carboxylic acid groups (broad SMARTS) is 1. The first-order valence-electron chi connectivity index (χ1n) is 2.80. The highest BCUT2D eigenvalue weighted by atomic mass is 32.3. The van der Waals surface area contributed by atoms with Crippen LogP contribution in [-0.2, 0) is 19.4 Å². The van der Waals surface area contributed by atoms with Crippen molar-refractivity contribution in [2.75, 3.05) is 6.61 Å². The Morgan fingerprint density at radius 1 is 1.50 bits per heavy atom. The van der Waals surface area contributed by atoms with Crippen molar-refractivity contribution >= 4 is 16.4 Å². The van der Waals surface area contributed by atoms with Crippen LogP contribution in [0.5, 0.6) is 0 Å². The Morgan fingerprint density at radius 3 is 1.79 bits per heavy atom. The average molecular weight is 232 g/mol. The maximum Gasteiger partial charge on any atom is 0.397 e. The van der Waals surface area contributed by atoms with Crippen LogP contribution in [0.25, 0.3) is 0 Å². The van der Waals surface area contributed by atoms with Gasteiger partial charge in [0.2, 0.25) is 0 Å². The highest BCUT2D eigenvalue weighted by Crippen LogP contribution is 1.81. The van der Waals surface area contributed by atoms with E-state index in [0.717, 1.165) is 6.08 Å². The van der Waals surface area contributed by atoms with Crippen LogP contribution in [0, 0.1) is 0 Å². The van der Waals surface area contributed by atoms with Gasteiger partial charge in [0.1, 0.15) is 0 Å². The highest BCUT2D eigenvalue weighted by Gasteiger charge is 1.98. The zero-order valence-electron chi connectivity index (χ0n) is 7.84. The third kappa shape index (κ3) is 44.0.